The van der Waals surface area contributed by atoms with Gasteiger partial charge in [-0.05, 0) is 57.3 Å². The van der Waals surface area contributed by atoms with E-state index in [2.05, 4.69) is 36.5 Å². The molecular weight excluding hydrogens is 320 g/mol. The molecule has 0 saturated heterocycles. The fraction of sp³-hybridized carbons (Fsp3) is 0.333. The average molecular weight is 342 g/mol. The van der Waals surface area contributed by atoms with Crippen molar-refractivity contribution in [1.82, 2.24) is 19.3 Å². The van der Waals surface area contributed by atoms with Crippen LogP contribution in [-0.2, 0) is 7.05 Å². The molecule has 0 bridgehead atoms. The molecule has 3 aromatic heterocycles. The number of H-pyrrole nitrogens is 1. The minimum Gasteiger partial charge on any atom is -0.357 e. The minimum absolute atomic E-state index is 0.00193. The summed E-state index contributed by atoms with van der Waals surface area (Å²) < 4.78 is 4.98. The Morgan fingerprint density at radius 1 is 1.25 bits per heavy atom. The van der Waals surface area contributed by atoms with Gasteiger partial charge in [-0.2, -0.15) is 0 Å². The van der Waals surface area contributed by atoms with E-state index >= 15 is 0 Å². The Kier molecular flexibility index (Phi) is 4.27. The maximum atomic E-state index is 12.2. The Morgan fingerprint density at radius 3 is 2.71 bits per heavy atom. The Bertz CT molecular complexity index is 950. The lowest BCUT2D eigenvalue weighted by Gasteiger charge is -2.19. The zero-order valence-electron chi connectivity index (χ0n) is 14.6. The molecule has 0 radical (unpaired) electrons. The van der Waals surface area contributed by atoms with E-state index in [0.717, 1.165) is 27.2 Å². The van der Waals surface area contributed by atoms with Crippen LogP contribution in [0.1, 0.15) is 26.3 Å². The fourth-order valence-electron chi connectivity index (χ4n) is 2.50. The first-order valence-corrected chi connectivity index (χ1v) is 8.67. The second kappa shape index (κ2) is 6.11. The third-order valence-electron chi connectivity index (χ3n) is 3.68. The number of aryl methyl sites for hydroxylation is 2. The number of pyridine rings is 2. The van der Waals surface area contributed by atoms with Crippen molar-refractivity contribution in [3.8, 4) is 11.3 Å². The van der Waals surface area contributed by atoms with Gasteiger partial charge >= 0.3 is 0 Å². The number of nitrogens with one attached hydrogen (secondary N) is 2. The number of fused-ring (bicyclic) bond motifs is 1. The largest absolute Gasteiger partial charge is 0.357 e. The van der Waals surface area contributed by atoms with Gasteiger partial charge in [0.2, 0.25) is 0 Å². The average Bonchev–Trinajstić information content (AvgIpc) is 2.99. The van der Waals surface area contributed by atoms with Crippen LogP contribution in [0.5, 0.6) is 0 Å². The molecule has 0 unspecified atom stereocenters. The summed E-state index contributed by atoms with van der Waals surface area (Å²) in [7, 11) is 1.77. The normalized spacial score (nSPS) is 12.0. The van der Waals surface area contributed by atoms with Gasteiger partial charge in [0.1, 0.15) is 10.5 Å². The smallest absolute Gasteiger partial charge is 0.274 e. The van der Waals surface area contributed by atoms with Crippen molar-refractivity contribution >= 4 is 22.9 Å². The summed E-state index contributed by atoms with van der Waals surface area (Å²) in [6, 6.07) is 6.01. The molecule has 0 aliphatic carbocycles. The predicted molar refractivity (Wildman–Crippen MR) is 100 cm³/mol. The van der Waals surface area contributed by atoms with Gasteiger partial charge in [0.05, 0.1) is 5.69 Å². The number of aromatic amines is 1. The maximum absolute atomic E-state index is 12.2. The van der Waals surface area contributed by atoms with E-state index in [4.69, 9.17) is 4.98 Å². The van der Waals surface area contributed by atoms with Crippen LogP contribution in [0.4, 0.5) is 0 Å². The molecule has 0 spiro atoms. The van der Waals surface area contributed by atoms with Crippen LogP contribution in [-0.4, -0.2) is 20.1 Å². The van der Waals surface area contributed by atoms with Gasteiger partial charge in [0, 0.05) is 35.9 Å². The summed E-state index contributed by atoms with van der Waals surface area (Å²) in [6.45, 7) is 8.39. The Labute approximate surface area is 145 Å². The fourth-order valence-corrected chi connectivity index (χ4v) is 3.19. The van der Waals surface area contributed by atoms with Crippen molar-refractivity contribution in [1.29, 1.82) is 0 Å². The van der Waals surface area contributed by atoms with Gasteiger partial charge in [0.15, 0.2) is 0 Å². The third kappa shape index (κ3) is 3.25. The first-order valence-electron chi connectivity index (χ1n) is 7.85. The van der Waals surface area contributed by atoms with Gasteiger partial charge in [-0.25, -0.2) is 4.98 Å². The molecular formula is C18H22N4OS. The molecule has 5 nitrogen and oxygen atoms in total. The molecule has 126 valence electrons. The van der Waals surface area contributed by atoms with Gasteiger partial charge < -0.3 is 9.55 Å². The lowest BCUT2D eigenvalue weighted by atomic mass is 10.1. The summed E-state index contributed by atoms with van der Waals surface area (Å²) in [5.74, 6) is 0. The first-order chi connectivity index (χ1) is 11.3. The highest BCUT2D eigenvalue weighted by Gasteiger charge is 2.15. The maximum Gasteiger partial charge on any atom is 0.274 e. The highest BCUT2D eigenvalue weighted by atomic mass is 32.2. The molecule has 0 aliphatic heterocycles. The summed E-state index contributed by atoms with van der Waals surface area (Å²) in [5, 5.41) is 1.81. The molecule has 0 fully saturated rings. The molecule has 6 heteroatoms. The SMILES string of the molecule is Cc1ccc(SNC(C)(C)C)nc1-c1cn(C)c(=O)c2[nH]ccc12. The van der Waals surface area contributed by atoms with E-state index in [1.807, 2.05) is 25.3 Å². The molecule has 0 saturated carbocycles. The lowest BCUT2D eigenvalue weighted by Crippen LogP contribution is -2.29. The second-order valence-electron chi connectivity index (χ2n) is 6.99. The number of hydrogen-bond acceptors (Lipinski definition) is 4. The number of hydrogen-bond donors (Lipinski definition) is 2. The van der Waals surface area contributed by atoms with E-state index < -0.39 is 0 Å². The van der Waals surface area contributed by atoms with Crippen LogP contribution < -0.4 is 10.3 Å². The standard InChI is InChI=1S/C18H22N4OS/c1-11-6-7-14(24-21-18(2,3)4)20-15(11)13-10-22(5)17(23)16-12(13)8-9-19-16/h6-10,19,21H,1-5H3. The first kappa shape index (κ1) is 16.8. The van der Waals surface area contributed by atoms with Crippen molar-refractivity contribution < 1.29 is 0 Å². The van der Waals surface area contributed by atoms with Crippen LogP contribution in [0.25, 0.3) is 22.2 Å². The summed E-state index contributed by atoms with van der Waals surface area (Å²) in [5.41, 5.74) is 3.52. The van der Waals surface area contributed by atoms with Crippen molar-refractivity contribution in [2.45, 2.75) is 38.3 Å². The molecule has 24 heavy (non-hydrogen) atoms. The van der Waals surface area contributed by atoms with Gasteiger partial charge in [0.25, 0.3) is 5.56 Å². The molecule has 3 aromatic rings. The second-order valence-corrected chi connectivity index (χ2v) is 7.82. The van der Waals surface area contributed by atoms with Crippen molar-refractivity contribution in [2.24, 2.45) is 7.05 Å². The Hall–Kier alpha value is -2.05. The monoisotopic (exact) mass is 342 g/mol. The van der Waals surface area contributed by atoms with E-state index in [1.54, 1.807) is 17.8 Å². The summed E-state index contributed by atoms with van der Waals surface area (Å²) in [4.78, 5) is 20.1. The van der Waals surface area contributed by atoms with Crippen LogP contribution in [0.3, 0.4) is 0 Å². The minimum atomic E-state index is -0.0312. The predicted octanol–water partition coefficient (Wildman–Crippen LogP) is 3.63. The van der Waals surface area contributed by atoms with E-state index in [-0.39, 0.29) is 11.1 Å². The van der Waals surface area contributed by atoms with Crippen LogP contribution in [0.2, 0.25) is 0 Å². The lowest BCUT2D eigenvalue weighted by molar-refractivity contribution is 0.535. The van der Waals surface area contributed by atoms with E-state index in [1.165, 1.54) is 11.9 Å². The Morgan fingerprint density at radius 2 is 2.00 bits per heavy atom. The highest BCUT2D eigenvalue weighted by molar-refractivity contribution is 7.97. The Balaban J connectivity index is 2.11. The molecule has 2 N–H and O–H groups in total. The number of nitrogens with zero attached hydrogens (tertiary/aromatic N) is 2. The van der Waals surface area contributed by atoms with Crippen molar-refractivity contribution in [2.75, 3.05) is 0 Å². The van der Waals surface area contributed by atoms with Crippen LogP contribution in [0, 0.1) is 6.92 Å². The van der Waals surface area contributed by atoms with Gasteiger partial charge in [-0.1, -0.05) is 6.07 Å². The van der Waals surface area contributed by atoms with E-state index in [0.29, 0.717) is 5.52 Å². The molecule has 3 rings (SSSR count). The molecule has 0 amide bonds. The van der Waals surface area contributed by atoms with Crippen molar-refractivity contribution in [3.63, 3.8) is 0 Å². The topological polar surface area (TPSA) is 62.7 Å². The molecule has 0 atom stereocenters. The molecule has 3 heterocycles. The molecule has 0 aromatic carbocycles. The summed E-state index contributed by atoms with van der Waals surface area (Å²) in [6.07, 6.45) is 3.66. The summed E-state index contributed by atoms with van der Waals surface area (Å²) >= 11 is 1.52. The zero-order valence-corrected chi connectivity index (χ0v) is 15.4. The number of aromatic nitrogens is 3. The zero-order chi connectivity index (χ0) is 17.5. The highest BCUT2D eigenvalue weighted by Crippen LogP contribution is 2.29. The quantitative estimate of drug-likeness (QED) is 0.714. The van der Waals surface area contributed by atoms with E-state index in [9.17, 15) is 4.79 Å². The molecule has 0 aliphatic rings. The van der Waals surface area contributed by atoms with Crippen LogP contribution in [0.15, 0.2) is 40.4 Å². The van der Waals surface area contributed by atoms with Gasteiger partial charge in [-0.3, -0.25) is 9.52 Å². The third-order valence-corrected chi connectivity index (χ3v) is 4.83. The number of rotatable bonds is 3. The van der Waals surface area contributed by atoms with Crippen molar-refractivity contribution in [3.05, 3.63) is 46.5 Å². The van der Waals surface area contributed by atoms with Crippen LogP contribution >= 0.6 is 11.9 Å². The van der Waals surface area contributed by atoms with Gasteiger partial charge in [-0.15, -0.1) is 0 Å².